The summed E-state index contributed by atoms with van der Waals surface area (Å²) in [6.07, 6.45) is 2.33. The highest BCUT2D eigenvalue weighted by atomic mass is 35.5. The van der Waals surface area contributed by atoms with Crippen LogP contribution in [0.3, 0.4) is 0 Å². The lowest BCUT2D eigenvalue weighted by atomic mass is 10.1. The van der Waals surface area contributed by atoms with Gasteiger partial charge in [0.15, 0.2) is 0 Å². The van der Waals surface area contributed by atoms with E-state index in [4.69, 9.17) is 16.7 Å². The molecule has 0 aliphatic heterocycles. The molecule has 1 aromatic rings. The Morgan fingerprint density at radius 3 is 2.78 bits per heavy atom. The number of carbonyl (C=O) groups is 1. The van der Waals surface area contributed by atoms with Crippen LogP contribution in [0.2, 0.25) is 5.02 Å². The monoisotopic (exact) mass is 269 g/mol. The first-order valence-corrected chi connectivity index (χ1v) is 6.68. The molecule has 0 saturated heterocycles. The molecule has 0 aliphatic carbocycles. The molecule has 0 atom stereocenters. The van der Waals surface area contributed by atoms with Crippen LogP contribution in [0.15, 0.2) is 24.3 Å². The first-order chi connectivity index (χ1) is 8.67. The van der Waals surface area contributed by atoms with Gasteiger partial charge < -0.3 is 10.0 Å². The predicted octanol–water partition coefficient (Wildman–Crippen LogP) is 2.50. The van der Waals surface area contributed by atoms with E-state index >= 15 is 0 Å². The first kappa shape index (κ1) is 15.0. The lowest BCUT2D eigenvalue weighted by Gasteiger charge is -2.21. The number of carbonyl (C=O) groups excluding carboxylic acids is 1. The number of hydrogen-bond acceptors (Lipinski definition) is 2. The summed E-state index contributed by atoms with van der Waals surface area (Å²) in [5, 5.41) is 9.62. The Bertz CT molecular complexity index is 382. The van der Waals surface area contributed by atoms with E-state index < -0.39 is 0 Å². The molecular formula is C14H20ClNO2. The second-order valence-electron chi connectivity index (χ2n) is 4.26. The van der Waals surface area contributed by atoms with Crippen LogP contribution in [-0.2, 0) is 11.2 Å². The fraction of sp³-hybridized carbons (Fsp3) is 0.500. The molecule has 0 heterocycles. The summed E-state index contributed by atoms with van der Waals surface area (Å²) in [5.74, 6) is 0.0415. The maximum atomic E-state index is 12.1. The fourth-order valence-corrected chi connectivity index (χ4v) is 1.98. The highest BCUT2D eigenvalue weighted by Crippen LogP contribution is 2.12. The van der Waals surface area contributed by atoms with Crippen molar-refractivity contribution in [3.63, 3.8) is 0 Å². The zero-order chi connectivity index (χ0) is 13.4. The second kappa shape index (κ2) is 8.11. The Morgan fingerprint density at radius 1 is 1.39 bits per heavy atom. The number of aliphatic hydroxyl groups excluding tert-OH is 1. The molecule has 3 nitrogen and oxygen atoms in total. The Hall–Kier alpha value is -1.06. The van der Waals surface area contributed by atoms with Crippen molar-refractivity contribution >= 4 is 17.5 Å². The lowest BCUT2D eigenvalue weighted by molar-refractivity contribution is -0.131. The van der Waals surface area contributed by atoms with Crippen LogP contribution < -0.4 is 0 Å². The van der Waals surface area contributed by atoms with Crippen LogP contribution in [-0.4, -0.2) is 35.6 Å². The average Bonchev–Trinajstić information content (AvgIpc) is 2.34. The number of amides is 1. The minimum atomic E-state index is 0.00496. The average molecular weight is 270 g/mol. The third-order valence-electron chi connectivity index (χ3n) is 2.75. The Balaban J connectivity index is 2.60. The van der Waals surface area contributed by atoms with Gasteiger partial charge in [0.2, 0.25) is 5.91 Å². The summed E-state index contributed by atoms with van der Waals surface area (Å²) in [6.45, 7) is 3.19. The van der Waals surface area contributed by atoms with Crippen LogP contribution in [0.25, 0.3) is 0 Å². The van der Waals surface area contributed by atoms with Crippen molar-refractivity contribution in [2.24, 2.45) is 0 Å². The van der Waals surface area contributed by atoms with Crippen molar-refractivity contribution in [1.29, 1.82) is 0 Å². The van der Waals surface area contributed by atoms with Crippen molar-refractivity contribution in [3.8, 4) is 0 Å². The summed E-state index contributed by atoms with van der Waals surface area (Å²) in [7, 11) is 0. The van der Waals surface area contributed by atoms with Crippen LogP contribution in [0.1, 0.15) is 25.3 Å². The van der Waals surface area contributed by atoms with E-state index in [1.54, 1.807) is 17.0 Å². The summed E-state index contributed by atoms with van der Waals surface area (Å²) < 4.78 is 0. The molecule has 1 rings (SSSR count). The van der Waals surface area contributed by atoms with E-state index in [0.717, 1.165) is 18.4 Å². The maximum absolute atomic E-state index is 12.1. The number of benzene rings is 1. The topological polar surface area (TPSA) is 40.5 Å². The van der Waals surface area contributed by atoms with Crippen molar-refractivity contribution in [2.45, 2.75) is 26.2 Å². The van der Waals surface area contributed by atoms with Gasteiger partial charge in [-0.05, 0) is 24.1 Å². The molecular weight excluding hydrogens is 250 g/mol. The van der Waals surface area contributed by atoms with Crippen LogP contribution in [0.4, 0.5) is 0 Å². The number of nitrogens with zero attached hydrogens (tertiary/aromatic N) is 1. The normalized spacial score (nSPS) is 10.4. The number of unbranched alkanes of at least 4 members (excludes halogenated alkanes) is 1. The lowest BCUT2D eigenvalue weighted by Crippen LogP contribution is -2.35. The van der Waals surface area contributed by atoms with Gasteiger partial charge in [-0.3, -0.25) is 4.79 Å². The number of hydrogen-bond donors (Lipinski definition) is 1. The molecule has 0 aromatic heterocycles. The van der Waals surface area contributed by atoms with Gasteiger partial charge in [0.25, 0.3) is 0 Å². The minimum Gasteiger partial charge on any atom is -0.395 e. The van der Waals surface area contributed by atoms with E-state index in [9.17, 15) is 4.79 Å². The van der Waals surface area contributed by atoms with E-state index in [0.29, 0.717) is 24.5 Å². The van der Waals surface area contributed by atoms with Crippen LogP contribution >= 0.6 is 11.6 Å². The molecule has 0 radical (unpaired) electrons. The summed E-state index contributed by atoms with van der Waals surface area (Å²) >= 11 is 5.89. The van der Waals surface area contributed by atoms with Gasteiger partial charge in [0.05, 0.1) is 13.0 Å². The van der Waals surface area contributed by atoms with Crippen molar-refractivity contribution in [2.75, 3.05) is 19.7 Å². The zero-order valence-corrected chi connectivity index (χ0v) is 11.5. The second-order valence-corrected chi connectivity index (χ2v) is 4.70. The van der Waals surface area contributed by atoms with E-state index in [1.807, 2.05) is 12.1 Å². The van der Waals surface area contributed by atoms with Crippen molar-refractivity contribution in [1.82, 2.24) is 4.90 Å². The highest BCUT2D eigenvalue weighted by Gasteiger charge is 2.13. The standard InChI is InChI=1S/C14H20ClNO2/c1-2-3-7-16(8-9-17)14(18)11-12-5-4-6-13(15)10-12/h4-6,10,17H,2-3,7-9,11H2,1H3. The van der Waals surface area contributed by atoms with Gasteiger partial charge in [0, 0.05) is 18.1 Å². The van der Waals surface area contributed by atoms with E-state index in [1.165, 1.54) is 0 Å². The molecule has 0 bridgehead atoms. The summed E-state index contributed by atoms with van der Waals surface area (Å²) in [6, 6.07) is 7.32. The molecule has 100 valence electrons. The number of halogens is 1. The van der Waals surface area contributed by atoms with Crippen LogP contribution in [0.5, 0.6) is 0 Å². The summed E-state index contributed by atoms with van der Waals surface area (Å²) in [5.41, 5.74) is 0.909. The quantitative estimate of drug-likeness (QED) is 0.826. The van der Waals surface area contributed by atoms with Gasteiger partial charge in [-0.2, -0.15) is 0 Å². The molecule has 0 fully saturated rings. The molecule has 4 heteroatoms. The van der Waals surface area contributed by atoms with Gasteiger partial charge >= 0.3 is 0 Å². The smallest absolute Gasteiger partial charge is 0.227 e. The Labute approximate surface area is 113 Å². The third-order valence-corrected chi connectivity index (χ3v) is 2.98. The van der Waals surface area contributed by atoms with Gasteiger partial charge in [-0.25, -0.2) is 0 Å². The molecule has 0 spiro atoms. The Kier molecular flexibility index (Phi) is 6.76. The van der Waals surface area contributed by atoms with E-state index in [2.05, 4.69) is 6.92 Å². The molecule has 0 saturated carbocycles. The third kappa shape index (κ3) is 5.07. The number of aliphatic hydroxyl groups is 1. The van der Waals surface area contributed by atoms with Gasteiger partial charge in [-0.15, -0.1) is 0 Å². The van der Waals surface area contributed by atoms with Gasteiger partial charge in [-0.1, -0.05) is 37.1 Å². The molecule has 1 aromatic carbocycles. The minimum absolute atomic E-state index is 0.00496. The van der Waals surface area contributed by atoms with Crippen molar-refractivity contribution < 1.29 is 9.90 Å². The predicted molar refractivity (Wildman–Crippen MR) is 73.7 cm³/mol. The highest BCUT2D eigenvalue weighted by molar-refractivity contribution is 6.30. The molecule has 1 N–H and O–H groups in total. The van der Waals surface area contributed by atoms with E-state index in [-0.39, 0.29) is 12.5 Å². The maximum Gasteiger partial charge on any atom is 0.227 e. The fourth-order valence-electron chi connectivity index (χ4n) is 1.76. The molecule has 1 amide bonds. The van der Waals surface area contributed by atoms with Crippen LogP contribution in [0, 0.1) is 0 Å². The van der Waals surface area contributed by atoms with Gasteiger partial charge in [0.1, 0.15) is 0 Å². The molecule has 0 aliphatic rings. The SMILES string of the molecule is CCCCN(CCO)C(=O)Cc1cccc(Cl)c1. The zero-order valence-electron chi connectivity index (χ0n) is 10.7. The number of rotatable bonds is 7. The first-order valence-electron chi connectivity index (χ1n) is 6.30. The molecule has 0 unspecified atom stereocenters. The summed E-state index contributed by atoms with van der Waals surface area (Å²) in [4.78, 5) is 13.8. The Morgan fingerprint density at radius 2 is 2.17 bits per heavy atom. The molecule has 18 heavy (non-hydrogen) atoms. The largest absolute Gasteiger partial charge is 0.395 e. The van der Waals surface area contributed by atoms with Crippen molar-refractivity contribution in [3.05, 3.63) is 34.9 Å².